The van der Waals surface area contributed by atoms with E-state index in [-0.39, 0.29) is 37.3 Å². The number of amides is 2. The zero-order chi connectivity index (χ0) is 25.5. The van der Waals surface area contributed by atoms with Crippen LogP contribution in [0.25, 0.3) is 0 Å². The van der Waals surface area contributed by atoms with Gasteiger partial charge in [0.05, 0.1) is 12.2 Å². The number of benzene rings is 1. The Morgan fingerprint density at radius 2 is 2.00 bits per heavy atom. The quantitative estimate of drug-likeness (QED) is 0.307. The molecular weight excluding hydrogens is 476 g/mol. The molecule has 0 aromatic heterocycles. The molecule has 0 bridgehead atoms. The van der Waals surface area contributed by atoms with Crippen molar-refractivity contribution in [3.63, 3.8) is 0 Å². The molecular formula is C21H28F4N6O4. The van der Waals surface area contributed by atoms with Gasteiger partial charge in [-0.1, -0.05) is 6.42 Å². The monoisotopic (exact) mass is 504 g/mol. The summed E-state index contributed by atoms with van der Waals surface area (Å²) in [5.41, 5.74) is 7.91. The van der Waals surface area contributed by atoms with Crippen LogP contribution in [0.5, 0.6) is 0 Å². The fourth-order valence-corrected chi connectivity index (χ4v) is 4.04. The number of cyclic esters (lactones) is 1. The summed E-state index contributed by atoms with van der Waals surface area (Å²) in [5.74, 6) is 3.56. The Hall–Kier alpha value is -3.26. The highest BCUT2D eigenvalue weighted by Gasteiger charge is 2.36. The second-order valence-corrected chi connectivity index (χ2v) is 8.07. The van der Waals surface area contributed by atoms with Gasteiger partial charge in [0.2, 0.25) is 6.23 Å². The third kappa shape index (κ3) is 6.66. The molecule has 2 saturated heterocycles. The van der Waals surface area contributed by atoms with E-state index in [0.29, 0.717) is 19.3 Å². The van der Waals surface area contributed by atoms with Crippen molar-refractivity contribution in [1.82, 2.24) is 15.4 Å². The van der Waals surface area contributed by atoms with Gasteiger partial charge in [-0.3, -0.25) is 9.91 Å². The van der Waals surface area contributed by atoms with Crippen LogP contribution in [0.2, 0.25) is 0 Å². The van der Waals surface area contributed by atoms with Crippen LogP contribution >= 0.6 is 0 Å². The number of ether oxygens (including phenoxy) is 2. The van der Waals surface area contributed by atoms with E-state index in [1.165, 1.54) is 6.20 Å². The van der Waals surface area contributed by atoms with Gasteiger partial charge >= 0.3 is 12.2 Å². The second-order valence-electron chi connectivity index (χ2n) is 8.07. The lowest BCUT2D eigenvalue weighted by molar-refractivity contribution is 0.0235. The summed E-state index contributed by atoms with van der Waals surface area (Å²) in [6.07, 6.45) is -1.24. The van der Waals surface area contributed by atoms with Crippen LogP contribution in [-0.2, 0) is 9.47 Å². The summed E-state index contributed by atoms with van der Waals surface area (Å²) in [5, 5.41) is 2.16. The van der Waals surface area contributed by atoms with Gasteiger partial charge in [-0.2, -0.15) is 0 Å². The van der Waals surface area contributed by atoms with E-state index in [1.54, 1.807) is 0 Å². The number of nitrogens with one attached hydrogen (secondary N) is 1. The minimum atomic E-state index is -2.78. The average Bonchev–Trinajstić information content (AvgIpc) is 3.24. The molecule has 0 spiro atoms. The summed E-state index contributed by atoms with van der Waals surface area (Å²) in [6, 6.07) is 2.13. The first-order chi connectivity index (χ1) is 16.7. The number of alkyl halides is 2. The molecule has 2 aliphatic heterocycles. The zero-order valence-corrected chi connectivity index (χ0v) is 18.8. The first-order valence-corrected chi connectivity index (χ1v) is 11.1. The maximum atomic E-state index is 15.1. The molecule has 3 rings (SSSR count). The lowest BCUT2D eigenvalue weighted by atomic mass is 9.89. The smallest absolute Gasteiger partial charge is 0.424 e. The van der Waals surface area contributed by atoms with Crippen molar-refractivity contribution in [3.05, 3.63) is 41.7 Å². The lowest BCUT2D eigenvalue weighted by Gasteiger charge is -2.23. The highest BCUT2D eigenvalue weighted by atomic mass is 19.3. The Bertz CT molecular complexity index is 914. The Morgan fingerprint density at radius 1 is 1.29 bits per heavy atom. The van der Waals surface area contributed by atoms with Crippen LogP contribution in [-0.4, -0.2) is 61.1 Å². The van der Waals surface area contributed by atoms with Crippen molar-refractivity contribution >= 4 is 17.9 Å². The van der Waals surface area contributed by atoms with Crippen molar-refractivity contribution in [2.45, 2.75) is 44.3 Å². The van der Waals surface area contributed by atoms with E-state index < -0.39 is 49.0 Å². The summed E-state index contributed by atoms with van der Waals surface area (Å²) < 4.78 is 64.4. The fourth-order valence-electron chi connectivity index (χ4n) is 4.04. The van der Waals surface area contributed by atoms with Crippen LogP contribution in [0.4, 0.5) is 32.8 Å². The Morgan fingerprint density at radius 3 is 2.66 bits per heavy atom. The Kier molecular flexibility index (Phi) is 8.98. The third-order valence-electron chi connectivity index (χ3n) is 5.70. The van der Waals surface area contributed by atoms with Gasteiger partial charge in [0.1, 0.15) is 11.6 Å². The molecule has 5 N–H and O–H groups in total. The van der Waals surface area contributed by atoms with E-state index in [1.807, 2.05) is 0 Å². The van der Waals surface area contributed by atoms with Crippen LogP contribution < -0.4 is 21.9 Å². The summed E-state index contributed by atoms with van der Waals surface area (Å²) in [6.45, 7) is -0.714. The molecule has 0 radical (unpaired) electrons. The minimum absolute atomic E-state index is 0.0180. The van der Waals surface area contributed by atoms with Crippen LogP contribution in [0.1, 0.15) is 37.2 Å². The lowest BCUT2D eigenvalue weighted by Crippen LogP contribution is -2.44. The standard InChI is InChI=1S/C21H28F4N6O4/c22-15-9-14(29-11-18(35-20(29)32)30(27)8-5-26)10-16(23)19(15)13-3-1-2-7-31(28-6-4-13)21(33)34-12-17(24)25/h5,8-10,13,17-18,28H,1-4,6-7,11-12,26-27H2/b8-5-. The Balaban J connectivity index is 1.69. The molecule has 2 atom stereocenters. The van der Waals surface area contributed by atoms with Gasteiger partial charge < -0.3 is 15.2 Å². The van der Waals surface area contributed by atoms with Gasteiger partial charge in [0.25, 0.3) is 6.43 Å². The summed E-state index contributed by atoms with van der Waals surface area (Å²) in [7, 11) is 0. The largest absolute Gasteiger partial charge is 0.442 e. The van der Waals surface area contributed by atoms with Gasteiger partial charge in [0.15, 0.2) is 6.61 Å². The predicted molar refractivity (Wildman–Crippen MR) is 117 cm³/mol. The molecule has 1 aromatic carbocycles. The van der Waals surface area contributed by atoms with Crippen LogP contribution in [0, 0.1) is 11.6 Å². The molecule has 2 fully saturated rings. The first kappa shape index (κ1) is 26.3. The number of hydrazine groups is 2. The number of halogens is 4. The fraction of sp³-hybridized carbons (Fsp3) is 0.524. The molecule has 10 nitrogen and oxygen atoms in total. The number of hydrogen-bond acceptors (Lipinski definition) is 8. The number of carbonyl (C=O) groups is 2. The van der Waals surface area contributed by atoms with Gasteiger partial charge in [0, 0.05) is 31.1 Å². The first-order valence-electron chi connectivity index (χ1n) is 11.1. The van der Waals surface area contributed by atoms with Gasteiger partial charge in [-0.15, -0.1) is 0 Å². The molecule has 0 saturated carbocycles. The number of hydrogen-bond donors (Lipinski definition) is 3. The Labute approximate surface area is 199 Å². The normalized spacial score (nSPS) is 21.6. The number of rotatable bonds is 6. The van der Waals surface area contributed by atoms with E-state index in [4.69, 9.17) is 16.3 Å². The van der Waals surface area contributed by atoms with E-state index in [2.05, 4.69) is 10.2 Å². The maximum absolute atomic E-state index is 15.1. The third-order valence-corrected chi connectivity index (χ3v) is 5.70. The van der Waals surface area contributed by atoms with Crippen LogP contribution in [0.15, 0.2) is 24.5 Å². The van der Waals surface area contributed by atoms with Crippen molar-refractivity contribution in [1.29, 1.82) is 0 Å². The SMILES string of the molecule is N/C=C\N(N)C1CN(c2cc(F)c(C3CCCCN(C(=O)OCC(F)F)NCC3)c(F)c2)C(=O)O1. The predicted octanol–water partition coefficient (Wildman–Crippen LogP) is 2.72. The molecule has 2 heterocycles. The minimum Gasteiger partial charge on any atom is -0.442 e. The highest BCUT2D eigenvalue weighted by molar-refractivity contribution is 5.89. The molecule has 2 aliphatic rings. The molecule has 1 aromatic rings. The van der Waals surface area contributed by atoms with E-state index >= 15 is 8.78 Å². The molecule has 194 valence electrons. The van der Waals surface area contributed by atoms with Gasteiger partial charge in [-0.25, -0.2) is 43.4 Å². The molecule has 2 unspecified atom stereocenters. The summed E-state index contributed by atoms with van der Waals surface area (Å²) >= 11 is 0. The van der Waals surface area contributed by atoms with E-state index in [0.717, 1.165) is 33.3 Å². The molecule has 35 heavy (non-hydrogen) atoms. The molecule has 2 amide bonds. The van der Waals surface area contributed by atoms with Crippen molar-refractivity contribution < 1.29 is 36.6 Å². The number of anilines is 1. The molecule has 14 heteroatoms. The number of nitrogens with two attached hydrogens (primary N) is 2. The van der Waals surface area contributed by atoms with Crippen molar-refractivity contribution in [2.75, 3.05) is 31.1 Å². The van der Waals surface area contributed by atoms with Crippen LogP contribution in [0.3, 0.4) is 0 Å². The van der Waals surface area contributed by atoms with Crippen molar-refractivity contribution in [3.8, 4) is 0 Å². The average molecular weight is 504 g/mol. The second kappa shape index (κ2) is 11.9. The van der Waals surface area contributed by atoms with E-state index in [9.17, 15) is 18.4 Å². The maximum Gasteiger partial charge on any atom is 0.424 e. The number of nitrogens with zero attached hydrogens (tertiary/aromatic N) is 3. The number of carbonyl (C=O) groups excluding carboxylic acids is 2. The zero-order valence-electron chi connectivity index (χ0n) is 18.8. The van der Waals surface area contributed by atoms with Gasteiger partial charge in [-0.05, 0) is 37.3 Å². The topological polar surface area (TPSA) is 126 Å². The molecule has 0 aliphatic carbocycles. The highest BCUT2D eigenvalue weighted by Crippen LogP contribution is 2.34. The summed E-state index contributed by atoms with van der Waals surface area (Å²) in [4.78, 5) is 25.2. The van der Waals surface area contributed by atoms with Crippen molar-refractivity contribution in [2.24, 2.45) is 11.6 Å².